The minimum Gasteiger partial charge on any atom is -0.378 e. The smallest absolute Gasteiger partial charge is 0.273 e. The minimum atomic E-state index is -1.42. The molecule has 3 aliphatic carbocycles. The molecule has 7 heteroatoms. The van der Waals surface area contributed by atoms with Crippen molar-refractivity contribution < 1.29 is 19.5 Å². The number of rotatable bonds is 5. The number of nitrogens with zero attached hydrogens (tertiary/aromatic N) is 2. The van der Waals surface area contributed by atoms with Gasteiger partial charge >= 0.3 is 0 Å². The second kappa shape index (κ2) is 9.82. The van der Waals surface area contributed by atoms with E-state index in [9.17, 15) is 19.5 Å². The van der Waals surface area contributed by atoms with E-state index in [1.165, 1.54) is 4.90 Å². The summed E-state index contributed by atoms with van der Waals surface area (Å²) in [4.78, 5) is 43.6. The molecular weight excluding hydrogens is 550 g/mol. The van der Waals surface area contributed by atoms with E-state index in [-0.39, 0.29) is 17.7 Å². The zero-order valence-electron chi connectivity index (χ0n) is 23.5. The van der Waals surface area contributed by atoms with E-state index in [1.54, 1.807) is 36.5 Å². The number of anilines is 1. The summed E-state index contributed by atoms with van der Waals surface area (Å²) in [5.74, 6) is -3.00. The summed E-state index contributed by atoms with van der Waals surface area (Å²) in [5, 5.41) is 16.8. The zero-order valence-corrected chi connectivity index (χ0v) is 23.5. The maximum atomic E-state index is 14.7. The Morgan fingerprint density at radius 1 is 0.773 bits per heavy atom. The van der Waals surface area contributed by atoms with Crippen molar-refractivity contribution in [3.05, 3.63) is 149 Å². The van der Waals surface area contributed by atoms with E-state index in [0.29, 0.717) is 11.3 Å². The molecule has 1 heterocycles. The molecule has 0 aromatic heterocycles. The van der Waals surface area contributed by atoms with Crippen LogP contribution in [0.2, 0.25) is 0 Å². The third-order valence-corrected chi connectivity index (χ3v) is 9.50. The lowest BCUT2D eigenvalue weighted by atomic mass is 9.47. The van der Waals surface area contributed by atoms with Gasteiger partial charge in [0.2, 0.25) is 11.8 Å². The van der Waals surface area contributed by atoms with Gasteiger partial charge in [-0.15, -0.1) is 0 Å². The first kappa shape index (κ1) is 26.2. The highest BCUT2D eigenvalue weighted by Crippen LogP contribution is 2.63. The molecule has 2 N–H and O–H groups in total. The molecular formula is C37H27N3O4. The van der Waals surface area contributed by atoms with Crippen LogP contribution in [0.4, 0.5) is 5.69 Å². The normalized spacial score (nSPS) is 23.8. The van der Waals surface area contributed by atoms with Crippen LogP contribution < -0.4 is 10.3 Å². The fraction of sp³-hybridized carbons (Fsp3) is 0.135. The first-order chi connectivity index (χ1) is 21.5. The molecule has 0 saturated carbocycles. The molecule has 3 amide bonds. The van der Waals surface area contributed by atoms with Crippen molar-refractivity contribution in [3.63, 3.8) is 0 Å². The number of fused-ring (bicyclic) bond motifs is 1. The molecule has 2 bridgehead atoms. The van der Waals surface area contributed by atoms with Crippen molar-refractivity contribution in [2.24, 2.45) is 16.9 Å². The van der Waals surface area contributed by atoms with Gasteiger partial charge in [-0.05, 0) is 39.3 Å². The number of hydrogen-bond donors (Lipinski definition) is 2. The van der Waals surface area contributed by atoms with E-state index < -0.39 is 29.3 Å². The third-order valence-electron chi connectivity index (χ3n) is 9.50. The van der Waals surface area contributed by atoms with Crippen LogP contribution in [0.1, 0.15) is 39.8 Å². The van der Waals surface area contributed by atoms with Gasteiger partial charge in [0.15, 0.2) is 6.10 Å². The van der Waals surface area contributed by atoms with Gasteiger partial charge in [0.05, 0.1) is 22.9 Å². The van der Waals surface area contributed by atoms with E-state index in [4.69, 9.17) is 0 Å². The van der Waals surface area contributed by atoms with Crippen LogP contribution in [-0.2, 0) is 19.8 Å². The summed E-state index contributed by atoms with van der Waals surface area (Å²) in [6, 6.07) is 37.7. The van der Waals surface area contributed by atoms with Crippen molar-refractivity contribution >= 4 is 40.4 Å². The summed E-state index contributed by atoms with van der Waals surface area (Å²) in [7, 11) is 0. The average Bonchev–Trinajstić information content (AvgIpc) is 3.34. The summed E-state index contributed by atoms with van der Waals surface area (Å²) < 4.78 is 0. The van der Waals surface area contributed by atoms with Crippen molar-refractivity contribution in [3.8, 4) is 0 Å². The van der Waals surface area contributed by atoms with Crippen LogP contribution in [0, 0.1) is 11.8 Å². The lowest BCUT2D eigenvalue weighted by Crippen LogP contribution is -2.54. The Balaban J connectivity index is 1.29. The van der Waals surface area contributed by atoms with E-state index in [1.807, 2.05) is 91.0 Å². The zero-order chi connectivity index (χ0) is 30.0. The maximum absolute atomic E-state index is 14.7. The molecule has 1 aliphatic heterocycles. The van der Waals surface area contributed by atoms with Crippen molar-refractivity contribution in [2.75, 3.05) is 4.90 Å². The van der Waals surface area contributed by atoms with Gasteiger partial charge in [0.1, 0.15) is 0 Å². The fourth-order valence-corrected chi connectivity index (χ4v) is 7.74. The highest BCUT2D eigenvalue weighted by atomic mass is 16.3. The molecule has 5 aromatic rings. The van der Waals surface area contributed by atoms with E-state index in [2.05, 4.69) is 10.5 Å². The number of hydrazone groups is 1. The molecule has 0 unspecified atom stereocenters. The second-order valence-electron chi connectivity index (χ2n) is 11.6. The minimum absolute atomic E-state index is 0.244. The van der Waals surface area contributed by atoms with Gasteiger partial charge in [-0.2, -0.15) is 5.10 Å². The lowest BCUT2D eigenvalue weighted by molar-refractivity contribution is -0.129. The molecule has 44 heavy (non-hydrogen) atoms. The summed E-state index contributed by atoms with van der Waals surface area (Å²) >= 11 is 0. The van der Waals surface area contributed by atoms with Gasteiger partial charge in [-0.25, -0.2) is 10.3 Å². The average molecular weight is 578 g/mol. The molecule has 7 nitrogen and oxygen atoms in total. The van der Waals surface area contributed by atoms with E-state index in [0.717, 1.165) is 33.0 Å². The molecule has 5 aromatic carbocycles. The molecule has 0 spiro atoms. The number of carbonyl (C=O) groups excluding carboxylic acids is 3. The fourth-order valence-electron chi connectivity index (χ4n) is 7.74. The Morgan fingerprint density at radius 2 is 1.39 bits per heavy atom. The molecule has 3 atom stereocenters. The number of benzene rings is 5. The summed E-state index contributed by atoms with van der Waals surface area (Å²) in [5.41, 5.74) is 6.08. The van der Waals surface area contributed by atoms with Crippen LogP contribution in [0.5, 0.6) is 0 Å². The van der Waals surface area contributed by atoms with Crippen LogP contribution in [-0.4, -0.2) is 29.0 Å². The Hall–Kier alpha value is -5.40. The highest BCUT2D eigenvalue weighted by molar-refractivity contribution is 6.27. The number of aliphatic hydroxyl groups is 1. The SMILES string of the molecule is O=C(N/N=C\C12c3ccccc3C(c3ccccc31)[C@@H]1C(=O)N(c3cccc4ccccc34)C(=O)[C@H]12)[C@H](O)c1ccccc1. The second-order valence-corrected chi connectivity index (χ2v) is 11.6. The first-order valence-electron chi connectivity index (χ1n) is 14.6. The molecule has 214 valence electrons. The third kappa shape index (κ3) is 3.53. The van der Waals surface area contributed by atoms with Crippen LogP contribution in [0.15, 0.2) is 126 Å². The summed E-state index contributed by atoms with van der Waals surface area (Å²) in [6.45, 7) is 0. The predicted molar refractivity (Wildman–Crippen MR) is 167 cm³/mol. The Bertz CT molecular complexity index is 1970. The molecule has 1 fully saturated rings. The number of amides is 3. The number of hydrogen-bond acceptors (Lipinski definition) is 5. The standard InChI is InChI=1S/C37H27N3O4/c41-33(23-12-2-1-3-13-23)34(42)39-38-21-37-27-18-8-6-16-25(27)30(26-17-7-9-19-28(26)37)31-32(37)36(44)40(35(31)43)29-20-10-14-22-11-4-5-15-24(22)29/h1-21,30-33,41H,(H,39,42)/b38-21-/t30?,31-,32-,33+,37?/m0/s1. The van der Waals surface area contributed by atoms with Gasteiger partial charge in [-0.1, -0.05) is 115 Å². The van der Waals surface area contributed by atoms with Crippen LogP contribution in [0.25, 0.3) is 10.8 Å². The first-order valence-corrected chi connectivity index (χ1v) is 14.6. The van der Waals surface area contributed by atoms with Gasteiger partial charge in [0, 0.05) is 17.5 Å². The summed E-state index contributed by atoms with van der Waals surface area (Å²) in [6.07, 6.45) is 0.183. The van der Waals surface area contributed by atoms with Gasteiger partial charge in [0.25, 0.3) is 5.91 Å². The monoisotopic (exact) mass is 577 g/mol. The number of aliphatic hydroxyl groups excluding tert-OH is 1. The van der Waals surface area contributed by atoms with Crippen LogP contribution in [0.3, 0.4) is 0 Å². The Kier molecular flexibility index (Phi) is 5.86. The predicted octanol–water partition coefficient (Wildman–Crippen LogP) is 5.23. The van der Waals surface area contributed by atoms with Crippen molar-refractivity contribution in [2.45, 2.75) is 17.4 Å². The topological polar surface area (TPSA) is 99.1 Å². The van der Waals surface area contributed by atoms with Gasteiger partial charge < -0.3 is 5.11 Å². The molecule has 0 radical (unpaired) electrons. The highest BCUT2D eigenvalue weighted by Gasteiger charge is 2.68. The number of imide groups is 1. The van der Waals surface area contributed by atoms with Crippen LogP contribution >= 0.6 is 0 Å². The number of nitrogens with one attached hydrogen (secondary N) is 1. The van der Waals surface area contributed by atoms with Crippen molar-refractivity contribution in [1.82, 2.24) is 5.43 Å². The molecule has 9 rings (SSSR count). The van der Waals surface area contributed by atoms with Gasteiger partial charge in [-0.3, -0.25) is 14.4 Å². The van der Waals surface area contributed by atoms with Crippen molar-refractivity contribution in [1.29, 1.82) is 0 Å². The maximum Gasteiger partial charge on any atom is 0.273 e. The largest absolute Gasteiger partial charge is 0.378 e. The molecule has 4 aliphatic rings. The Morgan fingerprint density at radius 3 is 2.11 bits per heavy atom. The Labute approximate surface area is 253 Å². The quantitative estimate of drug-likeness (QED) is 0.170. The lowest BCUT2D eigenvalue weighted by Gasteiger charge is -2.52. The molecule has 1 saturated heterocycles. The van der Waals surface area contributed by atoms with E-state index >= 15 is 0 Å². The number of carbonyl (C=O) groups is 3.